The molecule has 0 aromatic carbocycles. The molecule has 0 spiro atoms. The Bertz CT molecular complexity index is 126. The number of hydrogen-bond acceptors (Lipinski definition) is 3. The van der Waals surface area contributed by atoms with Gasteiger partial charge in [-0.3, -0.25) is 4.90 Å². The van der Waals surface area contributed by atoms with Crippen molar-refractivity contribution < 1.29 is 4.74 Å². The van der Waals surface area contributed by atoms with Gasteiger partial charge in [0, 0.05) is 19.1 Å². The van der Waals surface area contributed by atoms with Crippen molar-refractivity contribution in [3.63, 3.8) is 0 Å². The zero-order valence-corrected chi connectivity index (χ0v) is 8.12. The maximum Gasteiger partial charge on any atom is 0.0850 e. The number of ether oxygens (including phenoxy) is 1. The van der Waals surface area contributed by atoms with Gasteiger partial charge in [-0.2, -0.15) is 0 Å². The van der Waals surface area contributed by atoms with Crippen LogP contribution in [0.25, 0.3) is 0 Å². The van der Waals surface area contributed by atoms with Crippen LogP contribution in [0.5, 0.6) is 0 Å². The topological polar surface area (TPSA) is 38.5 Å². The lowest BCUT2D eigenvalue weighted by molar-refractivity contribution is -0.0374. The average molecular weight is 172 g/mol. The van der Waals surface area contributed by atoms with Gasteiger partial charge in [0.25, 0.3) is 0 Å². The van der Waals surface area contributed by atoms with Crippen LogP contribution in [-0.2, 0) is 4.74 Å². The standard InChI is InChI=1S/C9H20N2O/c1-3-4-11-5-6-12-9(7-11)8(2)10/h8-9H,3-7,10H2,1-2H3. The number of nitrogens with two attached hydrogens (primary N) is 1. The molecule has 12 heavy (non-hydrogen) atoms. The van der Waals surface area contributed by atoms with E-state index in [0.717, 1.165) is 19.7 Å². The van der Waals surface area contributed by atoms with Crippen LogP contribution in [0.4, 0.5) is 0 Å². The highest BCUT2D eigenvalue weighted by atomic mass is 16.5. The summed E-state index contributed by atoms with van der Waals surface area (Å²) in [6, 6.07) is 0.157. The van der Waals surface area contributed by atoms with E-state index in [1.54, 1.807) is 0 Å². The second-order valence-electron chi connectivity index (χ2n) is 3.57. The fourth-order valence-electron chi connectivity index (χ4n) is 1.57. The molecular formula is C9H20N2O. The maximum atomic E-state index is 5.77. The van der Waals surface area contributed by atoms with Gasteiger partial charge in [-0.05, 0) is 19.9 Å². The Kier molecular flexibility index (Phi) is 3.98. The molecule has 72 valence electrons. The normalized spacial score (nSPS) is 28.8. The molecule has 3 nitrogen and oxygen atoms in total. The van der Waals surface area contributed by atoms with E-state index in [1.165, 1.54) is 13.0 Å². The van der Waals surface area contributed by atoms with E-state index in [-0.39, 0.29) is 12.1 Å². The molecule has 0 aliphatic carbocycles. The summed E-state index contributed by atoms with van der Waals surface area (Å²) in [5.74, 6) is 0. The molecule has 0 saturated carbocycles. The molecule has 1 heterocycles. The molecule has 1 saturated heterocycles. The summed E-state index contributed by atoms with van der Waals surface area (Å²) in [6.45, 7) is 8.30. The lowest BCUT2D eigenvalue weighted by atomic mass is 10.1. The molecule has 1 fully saturated rings. The largest absolute Gasteiger partial charge is 0.374 e. The highest BCUT2D eigenvalue weighted by Crippen LogP contribution is 2.07. The molecule has 2 atom stereocenters. The first-order chi connectivity index (χ1) is 5.74. The van der Waals surface area contributed by atoms with Crippen molar-refractivity contribution in [3.05, 3.63) is 0 Å². The van der Waals surface area contributed by atoms with Gasteiger partial charge in [0.2, 0.25) is 0 Å². The zero-order valence-electron chi connectivity index (χ0n) is 8.12. The Balaban J connectivity index is 2.30. The molecular weight excluding hydrogens is 152 g/mol. The summed E-state index contributed by atoms with van der Waals surface area (Å²) in [5.41, 5.74) is 5.77. The van der Waals surface area contributed by atoms with Crippen LogP contribution in [0.15, 0.2) is 0 Å². The van der Waals surface area contributed by atoms with Crippen LogP contribution in [0.2, 0.25) is 0 Å². The van der Waals surface area contributed by atoms with Gasteiger partial charge < -0.3 is 10.5 Å². The van der Waals surface area contributed by atoms with Gasteiger partial charge in [0.1, 0.15) is 0 Å². The molecule has 1 aliphatic heterocycles. The van der Waals surface area contributed by atoms with Gasteiger partial charge in [-0.15, -0.1) is 0 Å². The molecule has 0 amide bonds. The number of hydrogen-bond donors (Lipinski definition) is 1. The first-order valence-corrected chi connectivity index (χ1v) is 4.83. The van der Waals surface area contributed by atoms with Crippen LogP contribution < -0.4 is 5.73 Å². The van der Waals surface area contributed by atoms with Crippen molar-refractivity contribution in [3.8, 4) is 0 Å². The molecule has 3 heteroatoms. The van der Waals surface area contributed by atoms with E-state index >= 15 is 0 Å². The monoisotopic (exact) mass is 172 g/mol. The minimum Gasteiger partial charge on any atom is -0.374 e. The second kappa shape index (κ2) is 4.80. The summed E-state index contributed by atoms with van der Waals surface area (Å²) in [7, 11) is 0. The molecule has 1 rings (SSSR count). The summed E-state index contributed by atoms with van der Waals surface area (Å²) in [4.78, 5) is 2.43. The minimum atomic E-state index is 0.157. The Labute approximate surface area is 74.9 Å². The smallest absolute Gasteiger partial charge is 0.0850 e. The maximum absolute atomic E-state index is 5.77. The van der Waals surface area contributed by atoms with Crippen molar-refractivity contribution in [2.24, 2.45) is 5.73 Å². The number of nitrogens with zero attached hydrogens (tertiary/aromatic N) is 1. The van der Waals surface area contributed by atoms with Crippen molar-refractivity contribution in [2.45, 2.75) is 32.4 Å². The fourth-order valence-corrected chi connectivity index (χ4v) is 1.57. The summed E-state index contributed by atoms with van der Waals surface area (Å²) in [5, 5.41) is 0. The van der Waals surface area contributed by atoms with E-state index < -0.39 is 0 Å². The van der Waals surface area contributed by atoms with E-state index in [9.17, 15) is 0 Å². The highest BCUT2D eigenvalue weighted by Gasteiger charge is 2.22. The lowest BCUT2D eigenvalue weighted by Gasteiger charge is -2.34. The van der Waals surface area contributed by atoms with Crippen molar-refractivity contribution in [1.29, 1.82) is 0 Å². The van der Waals surface area contributed by atoms with E-state index in [4.69, 9.17) is 10.5 Å². The Morgan fingerprint density at radius 3 is 3.00 bits per heavy atom. The summed E-state index contributed by atoms with van der Waals surface area (Å²) in [6.07, 6.45) is 1.45. The fraction of sp³-hybridized carbons (Fsp3) is 1.00. The van der Waals surface area contributed by atoms with E-state index in [0.29, 0.717) is 0 Å². The van der Waals surface area contributed by atoms with E-state index in [2.05, 4.69) is 11.8 Å². The third-order valence-corrected chi connectivity index (χ3v) is 2.30. The van der Waals surface area contributed by atoms with Gasteiger partial charge >= 0.3 is 0 Å². The lowest BCUT2D eigenvalue weighted by Crippen LogP contribution is -2.49. The Morgan fingerprint density at radius 1 is 1.67 bits per heavy atom. The van der Waals surface area contributed by atoms with Crippen LogP contribution in [0.1, 0.15) is 20.3 Å². The summed E-state index contributed by atoms with van der Waals surface area (Å²) >= 11 is 0. The van der Waals surface area contributed by atoms with Gasteiger partial charge in [-0.25, -0.2) is 0 Å². The van der Waals surface area contributed by atoms with Crippen LogP contribution in [0.3, 0.4) is 0 Å². The third kappa shape index (κ3) is 2.73. The van der Waals surface area contributed by atoms with Gasteiger partial charge in [0.05, 0.1) is 12.7 Å². The molecule has 0 aromatic heterocycles. The SMILES string of the molecule is CCCN1CCOC(C(C)N)C1. The van der Waals surface area contributed by atoms with Crippen molar-refractivity contribution in [2.75, 3.05) is 26.2 Å². The van der Waals surface area contributed by atoms with Gasteiger partial charge in [-0.1, -0.05) is 6.92 Å². The molecule has 0 bridgehead atoms. The first-order valence-electron chi connectivity index (χ1n) is 4.83. The molecule has 1 aliphatic rings. The zero-order chi connectivity index (χ0) is 8.97. The molecule has 2 N–H and O–H groups in total. The predicted molar refractivity (Wildman–Crippen MR) is 50.1 cm³/mol. The minimum absolute atomic E-state index is 0.157. The highest BCUT2D eigenvalue weighted by molar-refractivity contribution is 4.77. The molecule has 0 aromatic rings. The Morgan fingerprint density at radius 2 is 2.42 bits per heavy atom. The van der Waals surface area contributed by atoms with Crippen LogP contribution in [0, 0.1) is 0 Å². The number of morpholine rings is 1. The predicted octanol–water partition coefficient (Wildman–Crippen LogP) is 0.444. The van der Waals surface area contributed by atoms with Crippen molar-refractivity contribution in [1.82, 2.24) is 4.90 Å². The Hall–Kier alpha value is -0.120. The second-order valence-corrected chi connectivity index (χ2v) is 3.57. The van der Waals surface area contributed by atoms with Crippen molar-refractivity contribution >= 4 is 0 Å². The molecule has 2 unspecified atom stereocenters. The van der Waals surface area contributed by atoms with E-state index in [1.807, 2.05) is 6.92 Å². The third-order valence-electron chi connectivity index (χ3n) is 2.30. The van der Waals surface area contributed by atoms with Gasteiger partial charge in [0.15, 0.2) is 0 Å². The quantitative estimate of drug-likeness (QED) is 0.671. The summed E-state index contributed by atoms with van der Waals surface area (Å²) < 4.78 is 5.55. The number of rotatable bonds is 3. The first kappa shape index (κ1) is 9.96. The van der Waals surface area contributed by atoms with Crippen LogP contribution >= 0.6 is 0 Å². The van der Waals surface area contributed by atoms with Crippen LogP contribution in [-0.4, -0.2) is 43.3 Å². The molecule has 0 radical (unpaired) electrons. The average Bonchev–Trinajstić information content (AvgIpc) is 2.05.